The molecule has 0 aliphatic carbocycles. The first kappa shape index (κ1) is 38.4. The normalized spacial score (nSPS) is 12.1. The summed E-state index contributed by atoms with van der Waals surface area (Å²) in [5.41, 5.74) is 0. The molecule has 0 aromatic rings. The lowest BCUT2D eigenvalue weighted by atomic mass is 9.98. The summed E-state index contributed by atoms with van der Waals surface area (Å²) < 4.78 is 5.03. The molecular weight excluding hydrogens is 496 g/mol. The summed E-state index contributed by atoms with van der Waals surface area (Å²) in [4.78, 5) is 23.0. The molecule has 0 heterocycles. The van der Waals surface area contributed by atoms with Crippen LogP contribution in [-0.2, 0) is 14.3 Å². The lowest BCUT2D eigenvalue weighted by Crippen LogP contribution is -2.21. The summed E-state index contributed by atoms with van der Waals surface area (Å²) >= 11 is 0. The Morgan fingerprint density at radius 3 is 1.38 bits per heavy atom. The second-order valence-corrected chi connectivity index (χ2v) is 11.8. The standard InChI is InChI=1S/C36H66O4/c1-3-5-6-7-8-9-10-11-12-13-14-15-16-17-18-19-20-21-22-23-24-25-26-27-28-29-30-31-34(33-35(37)38)36(39)40-32-4-2/h4,26-27,34H,2-3,5-25,28-33H2,1H3,(H,37,38)/b27-26+. The maximum atomic E-state index is 12.0. The Balaban J connectivity index is 3.36. The van der Waals surface area contributed by atoms with Crippen LogP contribution in [0.1, 0.15) is 180 Å². The third-order valence-corrected chi connectivity index (χ3v) is 7.91. The van der Waals surface area contributed by atoms with Gasteiger partial charge in [-0.05, 0) is 32.1 Å². The van der Waals surface area contributed by atoms with Gasteiger partial charge in [-0.25, -0.2) is 0 Å². The third kappa shape index (κ3) is 29.4. The molecule has 0 aliphatic rings. The number of ether oxygens (including phenoxy) is 1. The van der Waals surface area contributed by atoms with E-state index in [1.807, 2.05) is 0 Å². The summed E-state index contributed by atoms with van der Waals surface area (Å²) in [6, 6.07) is 0. The van der Waals surface area contributed by atoms with Crippen LogP contribution in [0.3, 0.4) is 0 Å². The molecular formula is C36H66O4. The molecule has 40 heavy (non-hydrogen) atoms. The van der Waals surface area contributed by atoms with E-state index in [0.29, 0.717) is 6.42 Å². The van der Waals surface area contributed by atoms with E-state index in [2.05, 4.69) is 25.7 Å². The summed E-state index contributed by atoms with van der Waals surface area (Å²) in [6.07, 6.45) is 40.1. The second-order valence-electron chi connectivity index (χ2n) is 11.8. The van der Waals surface area contributed by atoms with E-state index in [1.165, 1.54) is 141 Å². The van der Waals surface area contributed by atoms with Crippen molar-refractivity contribution in [2.75, 3.05) is 6.61 Å². The number of carbonyl (C=O) groups is 2. The van der Waals surface area contributed by atoms with Gasteiger partial charge in [-0.15, -0.1) is 0 Å². The highest BCUT2D eigenvalue weighted by molar-refractivity contribution is 5.79. The largest absolute Gasteiger partial charge is 0.481 e. The summed E-state index contributed by atoms with van der Waals surface area (Å²) in [5, 5.41) is 9.02. The fourth-order valence-electron chi connectivity index (χ4n) is 5.36. The summed E-state index contributed by atoms with van der Waals surface area (Å²) in [5.74, 6) is -1.93. The molecule has 4 heteroatoms. The molecule has 0 amide bonds. The Hall–Kier alpha value is -1.58. The Morgan fingerprint density at radius 1 is 0.625 bits per heavy atom. The van der Waals surface area contributed by atoms with Crippen LogP contribution in [0.15, 0.2) is 24.8 Å². The second kappa shape index (κ2) is 31.9. The molecule has 0 saturated carbocycles. The molecule has 0 fully saturated rings. The van der Waals surface area contributed by atoms with Crippen LogP contribution < -0.4 is 0 Å². The number of rotatable bonds is 32. The van der Waals surface area contributed by atoms with Crippen LogP contribution in [0.25, 0.3) is 0 Å². The van der Waals surface area contributed by atoms with Gasteiger partial charge in [-0.1, -0.05) is 167 Å². The minimum atomic E-state index is -0.953. The van der Waals surface area contributed by atoms with Gasteiger partial charge in [0.25, 0.3) is 0 Å². The third-order valence-electron chi connectivity index (χ3n) is 7.91. The molecule has 1 N–H and O–H groups in total. The van der Waals surface area contributed by atoms with Crippen molar-refractivity contribution in [3.8, 4) is 0 Å². The number of hydrogen-bond acceptors (Lipinski definition) is 3. The van der Waals surface area contributed by atoms with Crippen molar-refractivity contribution < 1.29 is 19.4 Å². The summed E-state index contributed by atoms with van der Waals surface area (Å²) in [6.45, 7) is 5.95. The molecule has 0 rings (SSSR count). The van der Waals surface area contributed by atoms with Crippen LogP contribution in [0.4, 0.5) is 0 Å². The lowest BCUT2D eigenvalue weighted by Gasteiger charge is -2.13. The van der Waals surface area contributed by atoms with E-state index < -0.39 is 17.9 Å². The van der Waals surface area contributed by atoms with Gasteiger partial charge in [0, 0.05) is 0 Å². The molecule has 1 unspecified atom stereocenters. The molecule has 1 atom stereocenters. The lowest BCUT2D eigenvalue weighted by molar-refractivity contribution is -0.152. The molecule has 0 aromatic carbocycles. The van der Waals surface area contributed by atoms with Crippen LogP contribution in [0, 0.1) is 5.92 Å². The SMILES string of the molecule is C=CCOC(=O)C(CCCC/C=C/CCCCCCCCCCCCCCCCCCCCCCC)CC(=O)O. The molecule has 0 aliphatic heterocycles. The number of allylic oxidation sites excluding steroid dienone is 2. The minimum Gasteiger partial charge on any atom is -0.481 e. The number of carbonyl (C=O) groups excluding carboxylic acids is 1. The quantitative estimate of drug-likeness (QED) is 0.0503. The maximum absolute atomic E-state index is 12.0. The van der Waals surface area contributed by atoms with Gasteiger partial charge in [0.05, 0.1) is 12.3 Å². The van der Waals surface area contributed by atoms with Crippen molar-refractivity contribution in [2.45, 2.75) is 180 Å². The molecule has 0 spiro atoms. The van der Waals surface area contributed by atoms with Crippen LogP contribution in [0.2, 0.25) is 0 Å². The fraction of sp³-hybridized carbons (Fsp3) is 0.833. The predicted octanol–water partition coefficient (Wildman–Crippen LogP) is 11.5. The first-order valence-corrected chi connectivity index (χ1v) is 17.3. The fourth-order valence-corrected chi connectivity index (χ4v) is 5.36. The average Bonchev–Trinajstić information content (AvgIpc) is 2.94. The monoisotopic (exact) mass is 562 g/mol. The van der Waals surface area contributed by atoms with Gasteiger partial charge in [0.2, 0.25) is 0 Å². The van der Waals surface area contributed by atoms with Gasteiger partial charge < -0.3 is 9.84 Å². The first-order chi connectivity index (χ1) is 19.6. The van der Waals surface area contributed by atoms with Crippen molar-refractivity contribution in [3.63, 3.8) is 0 Å². The van der Waals surface area contributed by atoms with Gasteiger partial charge >= 0.3 is 11.9 Å². The minimum absolute atomic E-state index is 0.136. The Labute approximate surface area is 248 Å². The zero-order valence-corrected chi connectivity index (χ0v) is 26.5. The predicted molar refractivity (Wildman–Crippen MR) is 172 cm³/mol. The van der Waals surface area contributed by atoms with E-state index in [0.717, 1.165) is 25.7 Å². The number of unbranched alkanes of at least 4 members (excludes halogenated alkanes) is 23. The Morgan fingerprint density at radius 2 is 1.00 bits per heavy atom. The molecule has 234 valence electrons. The zero-order valence-electron chi connectivity index (χ0n) is 26.5. The first-order valence-electron chi connectivity index (χ1n) is 17.3. The van der Waals surface area contributed by atoms with Gasteiger partial charge in [0.15, 0.2) is 0 Å². The van der Waals surface area contributed by atoms with Crippen molar-refractivity contribution in [1.29, 1.82) is 0 Å². The smallest absolute Gasteiger partial charge is 0.309 e. The van der Waals surface area contributed by atoms with Crippen molar-refractivity contribution in [3.05, 3.63) is 24.8 Å². The van der Waals surface area contributed by atoms with Crippen molar-refractivity contribution in [1.82, 2.24) is 0 Å². The van der Waals surface area contributed by atoms with Crippen LogP contribution in [-0.4, -0.2) is 23.7 Å². The maximum Gasteiger partial charge on any atom is 0.309 e. The van der Waals surface area contributed by atoms with Gasteiger partial charge in [-0.2, -0.15) is 0 Å². The van der Waals surface area contributed by atoms with Crippen molar-refractivity contribution in [2.24, 2.45) is 5.92 Å². The number of aliphatic carboxylic acids is 1. The number of hydrogen-bond donors (Lipinski definition) is 1. The highest BCUT2D eigenvalue weighted by atomic mass is 16.5. The van der Waals surface area contributed by atoms with E-state index in [1.54, 1.807) is 0 Å². The Kier molecular flexibility index (Phi) is 30.7. The van der Waals surface area contributed by atoms with E-state index >= 15 is 0 Å². The molecule has 4 nitrogen and oxygen atoms in total. The van der Waals surface area contributed by atoms with E-state index in [-0.39, 0.29) is 13.0 Å². The average molecular weight is 563 g/mol. The molecule has 0 saturated heterocycles. The van der Waals surface area contributed by atoms with Gasteiger partial charge in [0.1, 0.15) is 6.61 Å². The number of carboxylic acid groups (broad SMARTS) is 1. The van der Waals surface area contributed by atoms with E-state index in [9.17, 15) is 9.59 Å². The topological polar surface area (TPSA) is 63.6 Å². The summed E-state index contributed by atoms with van der Waals surface area (Å²) in [7, 11) is 0. The van der Waals surface area contributed by atoms with Crippen LogP contribution >= 0.6 is 0 Å². The van der Waals surface area contributed by atoms with Crippen molar-refractivity contribution >= 4 is 11.9 Å². The molecule has 0 radical (unpaired) electrons. The number of esters is 1. The van der Waals surface area contributed by atoms with Gasteiger partial charge in [-0.3, -0.25) is 9.59 Å². The number of carboxylic acids is 1. The highest BCUT2D eigenvalue weighted by Gasteiger charge is 2.22. The van der Waals surface area contributed by atoms with E-state index in [4.69, 9.17) is 9.84 Å². The Bertz CT molecular complexity index is 598. The van der Waals surface area contributed by atoms with Crippen LogP contribution in [0.5, 0.6) is 0 Å². The molecule has 0 bridgehead atoms. The zero-order chi connectivity index (χ0) is 29.4. The molecule has 0 aromatic heterocycles. The highest BCUT2D eigenvalue weighted by Crippen LogP contribution is 2.17.